The number of rotatable bonds is 21. The van der Waals surface area contributed by atoms with Crippen LogP contribution in [0, 0.1) is 29.1 Å². The van der Waals surface area contributed by atoms with E-state index in [1.807, 2.05) is 107 Å². The van der Waals surface area contributed by atoms with Crippen molar-refractivity contribution >= 4 is 20.5 Å². The lowest BCUT2D eigenvalue weighted by Gasteiger charge is -2.39. The summed E-state index contributed by atoms with van der Waals surface area (Å²) >= 11 is 0. The molecule has 1 aliphatic rings. The normalized spacial score (nSPS) is 16.5. The minimum atomic E-state index is -1.79. The van der Waals surface area contributed by atoms with Gasteiger partial charge in [-0.1, -0.05) is 66.4 Å². The summed E-state index contributed by atoms with van der Waals surface area (Å²) in [6.45, 7) is 10.3. The van der Waals surface area contributed by atoms with Gasteiger partial charge in [0.2, 0.25) is 0 Å². The number of carbonyl (C=O) groups is 2. The van der Waals surface area contributed by atoms with Crippen LogP contribution in [0.1, 0.15) is 82.9 Å². The number of aromatic amines is 1. The number of H-pyrrole nitrogens is 1. The van der Waals surface area contributed by atoms with E-state index in [1.54, 1.807) is 14.2 Å². The smallest absolute Gasteiger partial charge is 0.330 e. The number of aromatic nitrogens is 2. The zero-order valence-corrected chi connectivity index (χ0v) is 38.9. The molecule has 16 nitrogen and oxygen atoms in total. The Morgan fingerprint density at radius 3 is 1.94 bits per heavy atom. The molecule has 3 aromatic carbocycles. The largest absolute Gasteiger partial charge is 0.497 e. The SMILES string of the molecule is COc1ccc(C(OCC2OC(n3cc(C#CC(COC(C)=O)COC(C)=O)c(=O)[nH]c3=O)CC2OP(OCCC#N)N(C(C)C)C(C)C)(c2ccccc2)c2ccc(OC)cc2)cc1. The molecule has 4 aromatic rings. The van der Waals surface area contributed by atoms with Gasteiger partial charge in [0.1, 0.15) is 48.2 Å². The second-order valence-corrected chi connectivity index (χ2v) is 17.1. The molecule has 1 fully saturated rings. The highest BCUT2D eigenvalue weighted by atomic mass is 31.2. The van der Waals surface area contributed by atoms with Crippen molar-refractivity contribution < 1.29 is 47.1 Å². The van der Waals surface area contributed by atoms with Crippen molar-refractivity contribution in [1.82, 2.24) is 14.2 Å². The van der Waals surface area contributed by atoms with E-state index in [-0.39, 0.29) is 56.9 Å². The van der Waals surface area contributed by atoms with Crippen LogP contribution in [-0.4, -0.2) is 91.1 Å². The van der Waals surface area contributed by atoms with E-state index in [2.05, 4.69) is 27.6 Å². The van der Waals surface area contributed by atoms with E-state index in [4.69, 9.17) is 37.5 Å². The van der Waals surface area contributed by atoms with Crippen LogP contribution in [0.4, 0.5) is 0 Å². The average molecular weight is 913 g/mol. The number of ether oxygens (including phenoxy) is 6. The van der Waals surface area contributed by atoms with Gasteiger partial charge in [-0.2, -0.15) is 5.26 Å². The topological polar surface area (TPSA) is 190 Å². The van der Waals surface area contributed by atoms with E-state index in [1.165, 1.54) is 24.6 Å². The predicted octanol–water partition coefficient (Wildman–Crippen LogP) is 6.61. The second-order valence-electron chi connectivity index (χ2n) is 15.7. The summed E-state index contributed by atoms with van der Waals surface area (Å²) in [5.41, 5.74) is -0.434. The molecule has 0 radical (unpaired) electrons. The fourth-order valence-corrected chi connectivity index (χ4v) is 9.12. The average Bonchev–Trinajstić information content (AvgIpc) is 3.68. The van der Waals surface area contributed by atoms with Gasteiger partial charge in [0.25, 0.3) is 14.1 Å². The maximum absolute atomic E-state index is 13.7. The van der Waals surface area contributed by atoms with Crippen molar-refractivity contribution in [1.29, 1.82) is 5.26 Å². The van der Waals surface area contributed by atoms with Gasteiger partial charge in [0.05, 0.1) is 51.9 Å². The van der Waals surface area contributed by atoms with Gasteiger partial charge in [-0.25, -0.2) is 9.46 Å². The van der Waals surface area contributed by atoms with Crippen molar-refractivity contribution in [2.45, 2.75) is 90.5 Å². The molecule has 0 spiro atoms. The highest BCUT2D eigenvalue weighted by Crippen LogP contribution is 2.50. The minimum Gasteiger partial charge on any atom is -0.497 e. The summed E-state index contributed by atoms with van der Waals surface area (Å²) in [6.07, 6.45) is -1.02. The van der Waals surface area contributed by atoms with Crippen LogP contribution < -0.4 is 20.7 Å². The number of carbonyl (C=O) groups excluding carboxylic acids is 2. The van der Waals surface area contributed by atoms with E-state index < -0.39 is 61.7 Å². The number of nitrogens with one attached hydrogen (secondary N) is 1. The summed E-state index contributed by atoms with van der Waals surface area (Å²) in [5, 5.41) is 9.41. The van der Waals surface area contributed by atoms with E-state index in [0.29, 0.717) is 11.5 Å². The molecule has 346 valence electrons. The first-order valence-corrected chi connectivity index (χ1v) is 22.4. The van der Waals surface area contributed by atoms with Crippen molar-refractivity contribution in [3.05, 3.63) is 128 Å². The summed E-state index contributed by atoms with van der Waals surface area (Å²) in [6, 6.07) is 27.1. The number of nitriles is 1. The fourth-order valence-electron chi connectivity index (χ4n) is 7.36. The van der Waals surface area contributed by atoms with Crippen LogP contribution in [0.3, 0.4) is 0 Å². The standard InChI is InChI=1S/C48H57N4O12P/c1-32(2)52(33(3)4)65(62-26-12-25-49)64-43-27-45(51-28-37(46(55)50-47(51)56)16-15-36(29-59-34(5)53)30-60-35(6)54)63-44(43)31-61-48(38-13-10-9-11-14-38,39-17-21-41(57-7)22-18-39)40-19-23-42(58-8)24-20-40/h9-11,13-14,17-24,28,32-33,36,43-45H,12,26-27,29-31H2,1-8H3,(H,50,55,56). The number of hydrogen-bond donors (Lipinski definition) is 1. The molecule has 0 saturated carbocycles. The summed E-state index contributed by atoms with van der Waals surface area (Å²) in [5.74, 6) is 5.05. The molecule has 1 saturated heterocycles. The number of esters is 2. The Bertz CT molecular complexity index is 2330. The van der Waals surface area contributed by atoms with E-state index >= 15 is 0 Å². The molecule has 1 aliphatic heterocycles. The second kappa shape index (κ2) is 23.9. The Balaban J connectivity index is 1.61. The molecule has 2 heterocycles. The molecule has 17 heteroatoms. The Labute approximate surface area is 380 Å². The van der Waals surface area contributed by atoms with Crippen LogP contribution >= 0.6 is 8.53 Å². The summed E-state index contributed by atoms with van der Waals surface area (Å²) in [7, 11) is 1.41. The van der Waals surface area contributed by atoms with Crippen LogP contribution in [0.5, 0.6) is 11.5 Å². The van der Waals surface area contributed by atoms with Crippen molar-refractivity contribution in [2.24, 2.45) is 5.92 Å². The number of nitrogens with zero attached hydrogens (tertiary/aromatic N) is 3. The molecule has 0 bridgehead atoms. The molecule has 4 atom stereocenters. The van der Waals surface area contributed by atoms with Crippen molar-refractivity contribution in [3.63, 3.8) is 0 Å². The van der Waals surface area contributed by atoms with Crippen LogP contribution in [0.25, 0.3) is 0 Å². The van der Waals surface area contributed by atoms with Gasteiger partial charge in [0.15, 0.2) is 0 Å². The van der Waals surface area contributed by atoms with Crippen molar-refractivity contribution in [3.8, 4) is 29.4 Å². The zero-order valence-electron chi connectivity index (χ0n) is 38.0. The van der Waals surface area contributed by atoms with Gasteiger partial charge in [-0.3, -0.25) is 23.9 Å². The molecule has 0 aliphatic carbocycles. The fraction of sp³-hybridized carbons (Fsp3) is 0.438. The Hall–Kier alpha value is -5.84. The molecule has 1 N–H and O–H groups in total. The summed E-state index contributed by atoms with van der Waals surface area (Å²) in [4.78, 5) is 52.3. The molecule has 0 amide bonds. The van der Waals surface area contributed by atoms with Gasteiger partial charge < -0.3 is 37.5 Å². The molecule has 5 rings (SSSR count). The molecular formula is C48H57N4O12P. The van der Waals surface area contributed by atoms with Gasteiger partial charge in [-0.15, -0.1) is 0 Å². The first kappa shape index (κ1) is 50.2. The van der Waals surface area contributed by atoms with Gasteiger partial charge >= 0.3 is 17.6 Å². The first-order valence-electron chi connectivity index (χ1n) is 21.2. The highest BCUT2D eigenvalue weighted by molar-refractivity contribution is 7.44. The third-order valence-corrected chi connectivity index (χ3v) is 12.5. The lowest BCUT2D eigenvalue weighted by Crippen LogP contribution is -2.39. The van der Waals surface area contributed by atoms with Gasteiger partial charge in [-0.05, 0) is 68.7 Å². The molecule has 1 aromatic heterocycles. The van der Waals surface area contributed by atoms with E-state index in [0.717, 1.165) is 16.7 Å². The molecule has 65 heavy (non-hydrogen) atoms. The maximum Gasteiger partial charge on any atom is 0.330 e. The first-order chi connectivity index (χ1) is 31.2. The molecule has 4 unspecified atom stereocenters. The number of methoxy groups -OCH3 is 2. The third-order valence-electron chi connectivity index (χ3n) is 10.4. The van der Waals surface area contributed by atoms with Crippen LogP contribution in [0.2, 0.25) is 0 Å². The minimum absolute atomic E-state index is 0.0136. The zero-order chi connectivity index (χ0) is 47.1. The predicted molar refractivity (Wildman–Crippen MR) is 242 cm³/mol. The number of benzene rings is 3. The Morgan fingerprint density at radius 1 is 0.877 bits per heavy atom. The third kappa shape index (κ3) is 13.1. The Morgan fingerprint density at radius 2 is 1.43 bits per heavy atom. The maximum atomic E-state index is 13.7. The van der Waals surface area contributed by atoms with Crippen LogP contribution in [0.15, 0.2) is 94.6 Å². The van der Waals surface area contributed by atoms with Crippen molar-refractivity contribution in [2.75, 3.05) is 40.6 Å². The monoisotopic (exact) mass is 912 g/mol. The molecular weight excluding hydrogens is 856 g/mol. The Kier molecular flexibility index (Phi) is 18.4. The highest BCUT2D eigenvalue weighted by Gasteiger charge is 2.45. The lowest BCUT2D eigenvalue weighted by atomic mass is 9.80. The lowest BCUT2D eigenvalue weighted by molar-refractivity contribution is -0.144. The number of hydrogen-bond acceptors (Lipinski definition) is 14. The van der Waals surface area contributed by atoms with Crippen LogP contribution in [-0.2, 0) is 43.2 Å². The van der Waals surface area contributed by atoms with Gasteiger partial charge in [0, 0.05) is 38.5 Å². The summed E-state index contributed by atoms with van der Waals surface area (Å²) < 4.78 is 51.9. The quantitative estimate of drug-likeness (QED) is 0.0309. The van der Waals surface area contributed by atoms with E-state index in [9.17, 15) is 24.4 Å².